The summed E-state index contributed by atoms with van der Waals surface area (Å²) in [5, 5.41) is 16.2. The van der Waals surface area contributed by atoms with E-state index in [0.717, 1.165) is 19.3 Å². The number of carbonyl (C=O) groups is 1. The molecule has 2 fully saturated rings. The lowest BCUT2D eigenvalue weighted by atomic mass is 9.93. The van der Waals surface area contributed by atoms with E-state index in [9.17, 15) is 23.1 Å². The number of nitrogens with one attached hydrogen (secondary N) is 2. The van der Waals surface area contributed by atoms with Gasteiger partial charge in [-0.2, -0.15) is 18.2 Å². The number of ether oxygens (including phenoxy) is 1. The van der Waals surface area contributed by atoms with Crippen molar-refractivity contribution in [3.05, 3.63) is 11.8 Å². The number of aromatic nitrogens is 2. The smallest absolute Gasteiger partial charge is 0.393 e. The summed E-state index contributed by atoms with van der Waals surface area (Å²) in [6.07, 6.45) is 1.57. The summed E-state index contributed by atoms with van der Waals surface area (Å²) < 4.78 is 41.8. The zero-order valence-corrected chi connectivity index (χ0v) is 16.6. The SMILES string of the molecule is NC(=O)c1cnc(N[C@H]2CC[C@H](OCC(F)(F)F)CC2)nc1N[C@@H]1CCC[C@@H](O)C1. The molecule has 2 aliphatic carbocycles. The summed E-state index contributed by atoms with van der Waals surface area (Å²) in [5.41, 5.74) is 5.60. The Labute approximate surface area is 172 Å². The molecule has 0 spiro atoms. The summed E-state index contributed by atoms with van der Waals surface area (Å²) in [6.45, 7) is -1.22. The van der Waals surface area contributed by atoms with Gasteiger partial charge in [-0.1, -0.05) is 0 Å². The normalized spacial score (nSPS) is 27.5. The van der Waals surface area contributed by atoms with Crippen molar-refractivity contribution in [1.29, 1.82) is 0 Å². The van der Waals surface area contributed by atoms with Crippen LogP contribution in [0.2, 0.25) is 0 Å². The number of anilines is 2. The van der Waals surface area contributed by atoms with E-state index in [1.807, 2.05) is 0 Å². The van der Waals surface area contributed by atoms with E-state index < -0.39 is 24.8 Å². The van der Waals surface area contributed by atoms with Gasteiger partial charge in [-0.25, -0.2) is 4.98 Å². The number of hydrogen-bond acceptors (Lipinski definition) is 7. The summed E-state index contributed by atoms with van der Waals surface area (Å²) in [4.78, 5) is 20.3. The molecule has 0 aromatic carbocycles. The van der Waals surface area contributed by atoms with E-state index in [1.165, 1.54) is 6.20 Å². The molecule has 8 nitrogen and oxygen atoms in total. The van der Waals surface area contributed by atoms with Crippen LogP contribution < -0.4 is 16.4 Å². The number of carbonyl (C=O) groups excluding carboxylic acids is 1. The Balaban J connectivity index is 1.58. The third kappa shape index (κ3) is 6.69. The summed E-state index contributed by atoms with van der Waals surface area (Å²) >= 11 is 0. The lowest BCUT2D eigenvalue weighted by molar-refractivity contribution is -0.187. The van der Waals surface area contributed by atoms with E-state index in [4.69, 9.17) is 10.5 Å². The first-order valence-corrected chi connectivity index (χ1v) is 10.3. The van der Waals surface area contributed by atoms with Gasteiger partial charge in [-0.3, -0.25) is 4.79 Å². The predicted molar refractivity (Wildman–Crippen MR) is 104 cm³/mol. The fourth-order valence-electron chi connectivity index (χ4n) is 4.00. The maximum absolute atomic E-state index is 12.3. The second-order valence-electron chi connectivity index (χ2n) is 8.03. The minimum atomic E-state index is -4.32. The second-order valence-corrected chi connectivity index (χ2v) is 8.03. The van der Waals surface area contributed by atoms with Crippen LogP contribution in [-0.2, 0) is 4.74 Å². The van der Waals surface area contributed by atoms with Crippen LogP contribution in [0.15, 0.2) is 6.20 Å². The van der Waals surface area contributed by atoms with Crippen LogP contribution in [0, 0.1) is 0 Å². The van der Waals surface area contributed by atoms with Crippen molar-refractivity contribution < 1.29 is 27.8 Å². The van der Waals surface area contributed by atoms with E-state index in [2.05, 4.69) is 20.6 Å². The second kappa shape index (κ2) is 9.78. The highest BCUT2D eigenvalue weighted by atomic mass is 19.4. The molecule has 1 amide bonds. The van der Waals surface area contributed by atoms with E-state index in [1.54, 1.807) is 0 Å². The first-order chi connectivity index (χ1) is 14.2. The van der Waals surface area contributed by atoms with Gasteiger partial charge in [0.15, 0.2) is 0 Å². The number of hydrogen-bond donors (Lipinski definition) is 4. The Morgan fingerprint density at radius 2 is 1.90 bits per heavy atom. The van der Waals surface area contributed by atoms with Crippen molar-refractivity contribution in [2.45, 2.75) is 81.8 Å². The number of nitrogens with two attached hydrogens (primary N) is 1. The summed E-state index contributed by atoms with van der Waals surface area (Å²) in [5.74, 6) is -0.0115. The molecule has 30 heavy (non-hydrogen) atoms. The number of primary amides is 1. The van der Waals surface area contributed by atoms with Gasteiger partial charge >= 0.3 is 6.18 Å². The lowest BCUT2D eigenvalue weighted by Crippen LogP contribution is -2.33. The third-order valence-corrected chi connectivity index (χ3v) is 5.53. The van der Waals surface area contributed by atoms with Crippen LogP contribution in [0.5, 0.6) is 0 Å². The molecule has 0 bridgehead atoms. The number of alkyl halides is 3. The largest absolute Gasteiger partial charge is 0.411 e. The van der Waals surface area contributed by atoms with Gasteiger partial charge in [0.05, 0.1) is 17.8 Å². The number of aliphatic hydroxyl groups excluding tert-OH is 1. The van der Waals surface area contributed by atoms with Crippen LogP contribution in [-0.4, -0.2) is 58.1 Å². The first kappa shape index (κ1) is 22.5. The van der Waals surface area contributed by atoms with E-state index in [-0.39, 0.29) is 23.8 Å². The zero-order valence-electron chi connectivity index (χ0n) is 16.6. The maximum atomic E-state index is 12.3. The highest BCUT2D eigenvalue weighted by molar-refractivity contribution is 5.97. The molecule has 0 saturated heterocycles. The first-order valence-electron chi connectivity index (χ1n) is 10.3. The number of rotatable bonds is 7. The molecule has 0 aliphatic heterocycles. The van der Waals surface area contributed by atoms with Crippen molar-refractivity contribution in [3.63, 3.8) is 0 Å². The van der Waals surface area contributed by atoms with Gasteiger partial charge in [-0.15, -0.1) is 0 Å². The van der Waals surface area contributed by atoms with Crippen LogP contribution in [0.4, 0.5) is 24.9 Å². The van der Waals surface area contributed by atoms with Gasteiger partial charge < -0.3 is 26.2 Å². The average Bonchev–Trinajstić information content (AvgIpc) is 2.67. The minimum absolute atomic E-state index is 0.000447. The third-order valence-electron chi connectivity index (χ3n) is 5.53. The van der Waals surface area contributed by atoms with Crippen LogP contribution >= 0.6 is 0 Å². The topological polar surface area (TPSA) is 122 Å². The minimum Gasteiger partial charge on any atom is -0.393 e. The molecular weight excluding hydrogens is 403 g/mol. The van der Waals surface area contributed by atoms with Gasteiger partial charge in [0.2, 0.25) is 5.95 Å². The van der Waals surface area contributed by atoms with Crippen molar-refractivity contribution in [3.8, 4) is 0 Å². The van der Waals surface area contributed by atoms with Crippen LogP contribution in [0.3, 0.4) is 0 Å². The van der Waals surface area contributed by atoms with Gasteiger partial charge in [-0.05, 0) is 51.4 Å². The Morgan fingerprint density at radius 3 is 2.53 bits per heavy atom. The maximum Gasteiger partial charge on any atom is 0.411 e. The van der Waals surface area contributed by atoms with Crippen molar-refractivity contribution >= 4 is 17.7 Å². The van der Waals surface area contributed by atoms with Crippen molar-refractivity contribution in [2.75, 3.05) is 17.2 Å². The Kier molecular flexibility index (Phi) is 7.35. The number of aliphatic hydroxyl groups is 1. The summed E-state index contributed by atoms with van der Waals surface area (Å²) in [7, 11) is 0. The molecule has 1 aromatic heterocycles. The lowest BCUT2D eigenvalue weighted by Gasteiger charge is -2.30. The molecule has 2 atom stereocenters. The fraction of sp³-hybridized carbons (Fsp3) is 0.737. The molecule has 3 rings (SSSR count). The van der Waals surface area contributed by atoms with Gasteiger partial charge in [0, 0.05) is 18.3 Å². The number of halogens is 3. The summed E-state index contributed by atoms with van der Waals surface area (Å²) in [6, 6.07) is -0.0182. The monoisotopic (exact) mass is 431 g/mol. The molecule has 2 aliphatic rings. The van der Waals surface area contributed by atoms with E-state index >= 15 is 0 Å². The zero-order chi connectivity index (χ0) is 21.7. The standard InChI is InChI=1S/C19H28F3N5O3/c20-19(21,22)10-30-14-6-4-11(5-7-14)26-18-24-9-15(16(23)29)17(27-18)25-12-2-1-3-13(28)8-12/h9,11-14,28H,1-8,10H2,(H2,23,29)(H2,24,25,26,27)/t11-,12-,13-,14-/m1/s1. The highest BCUT2D eigenvalue weighted by Gasteiger charge is 2.31. The Morgan fingerprint density at radius 1 is 1.17 bits per heavy atom. The molecule has 168 valence electrons. The average molecular weight is 431 g/mol. The Bertz CT molecular complexity index is 726. The fourth-order valence-corrected chi connectivity index (χ4v) is 4.00. The molecule has 2 saturated carbocycles. The Hall–Kier alpha value is -2.14. The number of nitrogens with zero attached hydrogens (tertiary/aromatic N) is 2. The van der Waals surface area contributed by atoms with Gasteiger partial charge in [0.25, 0.3) is 5.91 Å². The molecule has 0 unspecified atom stereocenters. The molecule has 11 heteroatoms. The van der Waals surface area contributed by atoms with Crippen molar-refractivity contribution in [1.82, 2.24) is 9.97 Å². The number of amides is 1. The molecule has 5 N–H and O–H groups in total. The van der Waals surface area contributed by atoms with Crippen molar-refractivity contribution in [2.24, 2.45) is 5.73 Å². The molecule has 1 aromatic rings. The molecular formula is C19H28F3N5O3. The predicted octanol–water partition coefficient (Wildman–Crippen LogP) is 2.59. The van der Waals surface area contributed by atoms with Crippen LogP contribution in [0.25, 0.3) is 0 Å². The molecule has 0 radical (unpaired) electrons. The van der Waals surface area contributed by atoms with Crippen LogP contribution in [0.1, 0.15) is 61.7 Å². The molecule has 1 heterocycles. The highest BCUT2D eigenvalue weighted by Crippen LogP contribution is 2.27. The quantitative estimate of drug-likeness (QED) is 0.523. The van der Waals surface area contributed by atoms with E-state index in [0.29, 0.717) is 43.9 Å². The van der Waals surface area contributed by atoms with Gasteiger partial charge in [0.1, 0.15) is 12.4 Å².